The molecule has 8 heteroatoms. The molecule has 0 atom stereocenters. The van der Waals surface area contributed by atoms with Crippen molar-refractivity contribution in [1.29, 1.82) is 0 Å². The molecule has 7 nitrogen and oxygen atoms in total. The first-order valence-electron chi connectivity index (χ1n) is 10.9. The fraction of sp³-hybridized carbons (Fsp3) is 0.583. The van der Waals surface area contributed by atoms with E-state index in [4.69, 9.17) is 23.7 Å². The van der Waals surface area contributed by atoms with Gasteiger partial charge in [0.15, 0.2) is 6.79 Å². The van der Waals surface area contributed by atoms with Crippen LogP contribution in [0, 0.1) is 6.92 Å². The van der Waals surface area contributed by atoms with Gasteiger partial charge in [0, 0.05) is 32.2 Å². The van der Waals surface area contributed by atoms with E-state index in [1.807, 2.05) is 19.9 Å². The lowest BCUT2D eigenvalue weighted by atomic mass is 9.94. The Morgan fingerprint density at radius 1 is 1.16 bits per heavy atom. The van der Waals surface area contributed by atoms with Crippen LogP contribution in [-0.4, -0.2) is 47.6 Å². The second kappa shape index (κ2) is 11.5. The molecule has 0 aliphatic carbocycles. The maximum atomic E-state index is 12.5. The topological polar surface area (TPSA) is 80.3 Å². The molecular formula is C24H36O7Si. The average Bonchev–Trinajstić information content (AvgIpc) is 3.12. The highest BCUT2D eigenvalue weighted by molar-refractivity contribution is 6.76. The molecule has 0 aromatic heterocycles. The van der Waals surface area contributed by atoms with E-state index in [1.165, 1.54) is 7.11 Å². The molecule has 0 saturated heterocycles. The minimum absolute atomic E-state index is 0.0501. The van der Waals surface area contributed by atoms with Crippen LogP contribution in [0.4, 0.5) is 0 Å². The largest absolute Gasteiger partial charge is 0.496 e. The number of hydrogen-bond donors (Lipinski definition) is 0. The summed E-state index contributed by atoms with van der Waals surface area (Å²) in [6, 6.07) is 1.03. The summed E-state index contributed by atoms with van der Waals surface area (Å²) >= 11 is 0. The lowest BCUT2D eigenvalue weighted by Gasteiger charge is -2.20. The Morgan fingerprint density at radius 2 is 1.88 bits per heavy atom. The fourth-order valence-corrected chi connectivity index (χ4v) is 4.24. The molecule has 0 amide bonds. The number of rotatable bonds is 12. The van der Waals surface area contributed by atoms with Crippen LogP contribution in [0.1, 0.15) is 46.8 Å². The SMILES string of the molecule is COC(=O)CC/C(C)=C\Cc1c(OC)c(C)c2c(c1OCOCC[Si](C)(C)C)C(=O)OC2. The van der Waals surface area contributed by atoms with Crippen molar-refractivity contribution in [2.24, 2.45) is 0 Å². The number of ether oxygens (including phenoxy) is 5. The lowest BCUT2D eigenvalue weighted by Crippen LogP contribution is -2.22. The van der Waals surface area contributed by atoms with Gasteiger partial charge in [0.2, 0.25) is 0 Å². The van der Waals surface area contributed by atoms with E-state index in [-0.39, 0.29) is 19.4 Å². The number of allylic oxidation sites excluding steroid dienone is 2. The van der Waals surface area contributed by atoms with Gasteiger partial charge < -0.3 is 23.7 Å². The van der Waals surface area contributed by atoms with E-state index in [1.54, 1.807) is 7.11 Å². The molecule has 0 radical (unpaired) electrons. The van der Waals surface area contributed by atoms with Gasteiger partial charge in [-0.15, -0.1) is 0 Å². The molecule has 178 valence electrons. The van der Waals surface area contributed by atoms with Gasteiger partial charge >= 0.3 is 11.9 Å². The molecule has 2 rings (SSSR count). The van der Waals surface area contributed by atoms with Crippen LogP contribution in [0.3, 0.4) is 0 Å². The minimum atomic E-state index is -1.21. The van der Waals surface area contributed by atoms with Gasteiger partial charge in [-0.05, 0) is 38.3 Å². The van der Waals surface area contributed by atoms with Crippen molar-refractivity contribution in [2.75, 3.05) is 27.6 Å². The Balaban J connectivity index is 2.29. The molecule has 1 aliphatic rings. The van der Waals surface area contributed by atoms with Gasteiger partial charge in [-0.1, -0.05) is 31.3 Å². The molecule has 1 aromatic rings. The maximum Gasteiger partial charge on any atom is 0.342 e. The average molecular weight is 465 g/mol. The Morgan fingerprint density at radius 3 is 2.50 bits per heavy atom. The third kappa shape index (κ3) is 6.84. The van der Waals surface area contributed by atoms with E-state index < -0.39 is 14.0 Å². The quantitative estimate of drug-likeness (QED) is 0.144. The molecule has 0 unspecified atom stereocenters. The zero-order valence-electron chi connectivity index (χ0n) is 20.4. The van der Waals surface area contributed by atoms with Gasteiger partial charge in [0.05, 0.1) is 14.2 Å². The predicted molar refractivity (Wildman–Crippen MR) is 125 cm³/mol. The first kappa shape index (κ1) is 25.9. The van der Waals surface area contributed by atoms with Crippen LogP contribution in [0.25, 0.3) is 0 Å². The molecule has 1 heterocycles. The first-order chi connectivity index (χ1) is 15.1. The van der Waals surface area contributed by atoms with Crippen molar-refractivity contribution >= 4 is 20.0 Å². The highest BCUT2D eigenvalue weighted by Crippen LogP contribution is 2.43. The number of benzene rings is 1. The fourth-order valence-electron chi connectivity index (χ4n) is 3.49. The van der Waals surface area contributed by atoms with E-state index >= 15 is 0 Å². The monoisotopic (exact) mass is 464 g/mol. The van der Waals surface area contributed by atoms with E-state index in [2.05, 4.69) is 19.6 Å². The van der Waals surface area contributed by atoms with E-state index in [0.29, 0.717) is 42.9 Å². The zero-order chi connectivity index (χ0) is 23.9. The van der Waals surface area contributed by atoms with Crippen LogP contribution >= 0.6 is 0 Å². The van der Waals surface area contributed by atoms with Crippen molar-refractivity contribution < 1.29 is 33.3 Å². The van der Waals surface area contributed by atoms with Gasteiger partial charge in [0.1, 0.15) is 23.7 Å². The van der Waals surface area contributed by atoms with Gasteiger partial charge in [-0.2, -0.15) is 0 Å². The van der Waals surface area contributed by atoms with Crippen molar-refractivity contribution in [3.63, 3.8) is 0 Å². The van der Waals surface area contributed by atoms with Crippen LogP contribution in [0.2, 0.25) is 25.7 Å². The Hall–Kier alpha value is -2.32. The summed E-state index contributed by atoms with van der Waals surface area (Å²) in [7, 11) is 1.79. The van der Waals surface area contributed by atoms with Crippen molar-refractivity contribution in [3.8, 4) is 11.5 Å². The number of fused-ring (bicyclic) bond motifs is 1. The second-order valence-corrected chi connectivity index (χ2v) is 14.8. The van der Waals surface area contributed by atoms with E-state index in [9.17, 15) is 9.59 Å². The van der Waals surface area contributed by atoms with Crippen LogP contribution < -0.4 is 9.47 Å². The summed E-state index contributed by atoms with van der Waals surface area (Å²) in [5.41, 5.74) is 3.92. The summed E-state index contributed by atoms with van der Waals surface area (Å²) in [6.45, 7) is 11.6. The summed E-state index contributed by atoms with van der Waals surface area (Å²) in [6.07, 6.45) is 3.42. The zero-order valence-corrected chi connectivity index (χ0v) is 21.4. The van der Waals surface area contributed by atoms with Crippen LogP contribution in [-0.2, 0) is 32.0 Å². The van der Waals surface area contributed by atoms with Gasteiger partial charge in [-0.3, -0.25) is 4.79 Å². The third-order valence-electron chi connectivity index (χ3n) is 5.51. The molecule has 0 N–H and O–H groups in total. The third-order valence-corrected chi connectivity index (χ3v) is 7.22. The molecule has 0 fully saturated rings. The highest BCUT2D eigenvalue weighted by atomic mass is 28.3. The summed E-state index contributed by atoms with van der Waals surface area (Å²) in [5.74, 6) is 0.493. The standard InChI is InChI=1S/C24H36O7Si/c1-16(9-11-20(25)27-3)8-10-18-22(28-4)17(2)19-14-30-24(26)21(19)23(18)31-15-29-12-13-32(5,6)7/h8H,9-15H2,1-7H3/b16-8-. The van der Waals surface area contributed by atoms with Gasteiger partial charge in [-0.25, -0.2) is 4.79 Å². The van der Waals surface area contributed by atoms with Crippen LogP contribution in [0.5, 0.6) is 11.5 Å². The second-order valence-electron chi connectivity index (χ2n) is 9.21. The van der Waals surface area contributed by atoms with Crippen LogP contribution in [0.15, 0.2) is 11.6 Å². The molecule has 32 heavy (non-hydrogen) atoms. The molecule has 0 bridgehead atoms. The highest BCUT2D eigenvalue weighted by Gasteiger charge is 2.33. The predicted octanol–water partition coefficient (Wildman–Crippen LogP) is 4.81. The molecule has 1 aliphatic heterocycles. The molecule has 0 spiro atoms. The number of esters is 2. The summed E-state index contributed by atoms with van der Waals surface area (Å²) in [4.78, 5) is 23.9. The summed E-state index contributed by atoms with van der Waals surface area (Å²) < 4.78 is 27.5. The molecule has 0 saturated carbocycles. The number of carbonyl (C=O) groups excluding carboxylic acids is 2. The molecular weight excluding hydrogens is 428 g/mol. The molecule has 1 aromatic carbocycles. The Kier molecular flexibility index (Phi) is 9.33. The Bertz CT molecular complexity index is 868. The van der Waals surface area contributed by atoms with Crippen molar-refractivity contribution in [3.05, 3.63) is 33.9 Å². The normalized spacial score (nSPS) is 13.6. The smallest absolute Gasteiger partial charge is 0.342 e. The number of hydrogen-bond acceptors (Lipinski definition) is 7. The Labute approximate surface area is 192 Å². The number of carbonyl (C=O) groups is 2. The van der Waals surface area contributed by atoms with E-state index in [0.717, 1.165) is 28.3 Å². The maximum absolute atomic E-state index is 12.5. The van der Waals surface area contributed by atoms with Crippen molar-refractivity contribution in [1.82, 2.24) is 0 Å². The van der Waals surface area contributed by atoms with Gasteiger partial charge in [0.25, 0.3) is 0 Å². The summed E-state index contributed by atoms with van der Waals surface area (Å²) in [5, 5.41) is 0. The lowest BCUT2D eigenvalue weighted by molar-refractivity contribution is -0.140. The first-order valence-corrected chi connectivity index (χ1v) is 14.6. The minimum Gasteiger partial charge on any atom is -0.496 e. The van der Waals surface area contributed by atoms with Crippen molar-refractivity contribution in [2.45, 2.75) is 65.4 Å². The number of cyclic esters (lactones) is 1. The number of methoxy groups -OCH3 is 2.